The maximum Gasteiger partial charge on any atom is 0.197 e. The van der Waals surface area contributed by atoms with Gasteiger partial charge in [-0.05, 0) is 37.1 Å². The van der Waals surface area contributed by atoms with Gasteiger partial charge >= 0.3 is 0 Å². The smallest absolute Gasteiger partial charge is 0.197 e. The van der Waals surface area contributed by atoms with Crippen molar-refractivity contribution in [3.05, 3.63) is 82.9 Å². The number of hydrogen-bond donors (Lipinski definition) is 1. The SMILES string of the molecule is CC1(C)Cc2c(C#N)c(Nc3ccccc3)n3c(SCc4ccccc4)nnc3c2CO1. The first-order valence-electron chi connectivity index (χ1n) is 10.5. The van der Waals surface area contributed by atoms with Crippen molar-refractivity contribution in [1.82, 2.24) is 14.6 Å². The third kappa shape index (κ3) is 3.83. The van der Waals surface area contributed by atoms with Crippen LogP contribution in [0.5, 0.6) is 0 Å². The van der Waals surface area contributed by atoms with E-state index >= 15 is 0 Å². The summed E-state index contributed by atoms with van der Waals surface area (Å²) in [4.78, 5) is 0. The second kappa shape index (κ2) is 8.30. The van der Waals surface area contributed by atoms with Gasteiger partial charge in [-0.15, -0.1) is 10.2 Å². The summed E-state index contributed by atoms with van der Waals surface area (Å²) in [6.07, 6.45) is 0.643. The Hall–Kier alpha value is -3.34. The zero-order chi connectivity index (χ0) is 22.1. The Kier molecular flexibility index (Phi) is 5.33. The summed E-state index contributed by atoms with van der Waals surface area (Å²) in [5.74, 6) is 1.46. The molecule has 1 N–H and O–H groups in total. The zero-order valence-corrected chi connectivity index (χ0v) is 18.8. The average Bonchev–Trinajstić information content (AvgIpc) is 3.22. The highest BCUT2D eigenvalue weighted by Crippen LogP contribution is 2.38. The van der Waals surface area contributed by atoms with Crippen LogP contribution in [0.3, 0.4) is 0 Å². The van der Waals surface area contributed by atoms with Crippen LogP contribution in [0, 0.1) is 11.3 Å². The monoisotopic (exact) mass is 441 g/mol. The first-order valence-corrected chi connectivity index (χ1v) is 11.5. The Balaban J connectivity index is 1.67. The van der Waals surface area contributed by atoms with E-state index in [0.29, 0.717) is 24.4 Å². The minimum absolute atomic E-state index is 0.341. The van der Waals surface area contributed by atoms with Crippen LogP contribution in [-0.2, 0) is 23.5 Å². The fraction of sp³-hybridized carbons (Fsp3) is 0.240. The molecule has 0 atom stereocenters. The fourth-order valence-electron chi connectivity index (χ4n) is 4.01. The van der Waals surface area contributed by atoms with Crippen molar-refractivity contribution in [3.8, 4) is 6.07 Å². The van der Waals surface area contributed by atoms with E-state index in [1.165, 1.54) is 5.56 Å². The van der Waals surface area contributed by atoms with Crippen molar-refractivity contribution in [2.45, 2.75) is 43.4 Å². The number of nitriles is 1. The van der Waals surface area contributed by atoms with E-state index in [1.54, 1.807) is 11.8 Å². The highest BCUT2D eigenvalue weighted by molar-refractivity contribution is 7.98. The van der Waals surface area contributed by atoms with Gasteiger partial charge in [0.2, 0.25) is 0 Å². The lowest BCUT2D eigenvalue weighted by atomic mass is 9.89. The van der Waals surface area contributed by atoms with Crippen LogP contribution in [0.25, 0.3) is 5.65 Å². The maximum atomic E-state index is 10.2. The molecule has 32 heavy (non-hydrogen) atoms. The Bertz CT molecular complexity index is 1310. The molecule has 1 aliphatic heterocycles. The number of aromatic nitrogens is 3. The van der Waals surface area contributed by atoms with E-state index in [4.69, 9.17) is 4.74 Å². The molecule has 3 heterocycles. The summed E-state index contributed by atoms with van der Waals surface area (Å²) in [5.41, 5.74) is 5.06. The molecule has 2 aromatic heterocycles. The molecule has 5 rings (SSSR count). The molecule has 1 aliphatic rings. The van der Waals surface area contributed by atoms with Gasteiger partial charge in [-0.2, -0.15) is 5.26 Å². The number of hydrogen-bond acceptors (Lipinski definition) is 6. The van der Waals surface area contributed by atoms with E-state index in [-0.39, 0.29) is 5.60 Å². The number of anilines is 2. The molecule has 0 saturated carbocycles. The number of thioether (sulfide) groups is 1. The second-order valence-corrected chi connectivity index (χ2v) is 9.37. The molecule has 6 nitrogen and oxygen atoms in total. The quantitative estimate of drug-likeness (QED) is 0.413. The number of fused-ring (bicyclic) bond motifs is 3. The molecule has 0 fully saturated rings. The summed E-state index contributed by atoms with van der Waals surface area (Å²) in [6, 6.07) is 22.6. The highest BCUT2D eigenvalue weighted by atomic mass is 32.2. The minimum Gasteiger partial charge on any atom is -0.370 e. The Labute approximate surface area is 191 Å². The summed E-state index contributed by atoms with van der Waals surface area (Å²) < 4.78 is 8.05. The number of nitrogens with zero attached hydrogens (tertiary/aromatic N) is 4. The highest BCUT2D eigenvalue weighted by Gasteiger charge is 2.33. The van der Waals surface area contributed by atoms with E-state index in [1.807, 2.05) is 52.9 Å². The number of para-hydroxylation sites is 1. The topological polar surface area (TPSA) is 75.2 Å². The predicted molar refractivity (Wildman–Crippen MR) is 126 cm³/mol. The lowest BCUT2D eigenvalue weighted by Gasteiger charge is -2.33. The van der Waals surface area contributed by atoms with Crippen LogP contribution in [0.1, 0.15) is 36.1 Å². The number of pyridine rings is 1. The van der Waals surface area contributed by atoms with Gasteiger partial charge in [-0.25, -0.2) is 0 Å². The fourth-order valence-corrected chi connectivity index (χ4v) is 4.90. The van der Waals surface area contributed by atoms with Crippen LogP contribution in [0.15, 0.2) is 65.8 Å². The third-order valence-electron chi connectivity index (χ3n) is 5.60. The molecule has 0 spiro atoms. The standard InChI is InChI=1S/C25H23N5OS/c1-25(2)13-19-20(14-26)22(27-18-11-7-4-8-12-18)30-23(21(19)15-31-25)28-29-24(30)32-16-17-9-5-3-6-10-17/h3-12,27H,13,15-16H2,1-2H3. The first kappa shape index (κ1) is 20.6. The van der Waals surface area contributed by atoms with Crippen LogP contribution >= 0.6 is 11.8 Å². The lowest BCUT2D eigenvalue weighted by molar-refractivity contribution is -0.0397. The van der Waals surface area contributed by atoms with Crippen molar-refractivity contribution >= 4 is 28.9 Å². The molecular formula is C25H23N5OS. The summed E-state index contributed by atoms with van der Waals surface area (Å²) in [7, 11) is 0. The molecule has 0 aliphatic carbocycles. The van der Waals surface area contributed by atoms with Crippen molar-refractivity contribution in [2.24, 2.45) is 0 Å². The van der Waals surface area contributed by atoms with Crippen LogP contribution in [-0.4, -0.2) is 20.2 Å². The molecule has 160 valence electrons. The number of benzene rings is 2. The largest absolute Gasteiger partial charge is 0.370 e. The van der Waals surface area contributed by atoms with Gasteiger partial charge < -0.3 is 10.1 Å². The van der Waals surface area contributed by atoms with E-state index in [2.05, 4.69) is 47.6 Å². The molecular weight excluding hydrogens is 418 g/mol. The molecule has 0 saturated heterocycles. The van der Waals surface area contributed by atoms with E-state index in [0.717, 1.165) is 33.4 Å². The van der Waals surface area contributed by atoms with Gasteiger partial charge in [0, 0.05) is 23.4 Å². The summed E-state index contributed by atoms with van der Waals surface area (Å²) >= 11 is 1.60. The maximum absolute atomic E-state index is 10.2. The van der Waals surface area contributed by atoms with Gasteiger partial charge in [0.05, 0.1) is 17.8 Å². The van der Waals surface area contributed by atoms with Crippen molar-refractivity contribution in [1.29, 1.82) is 5.26 Å². The van der Waals surface area contributed by atoms with E-state index < -0.39 is 0 Å². The van der Waals surface area contributed by atoms with Crippen molar-refractivity contribution < 1.29 is 4.74 Å². The average molecular weight is 442 g/mol. The Morgan fingerprint density at radius 3 is 2.50 bits per heavy atom. The van der Waals surface area contributed by atoms with E-state index in [9.17, 15) is 5.26 Å². The number of nitrogens with one attached hydrogen (secondary N) is 1. The normalized spacial score (nSPS) is 14.7. The molecule has 7 heteroatoms. The molecule has 0 amide bonds. The Morgan fingerprint density at radius 1 is 1.06 bits per heavy atom. The minimum atomic E-state index is -0.341. The molecule has 2 aromatic carbocycles. The summed E-state index contributed by atoms with van der Waals surface area (Å²) in [6.45, 7) is 4.51. The second-order valence-electron chi connectivity index (χ2n) is 8.42. The lowest BCUT2D eigenvalue weighted by Crippen LogP contribution is -2.33. The van der Waals surface area contributed by atoms with Crippen LogP contribution in [0.4, 0.5) is 11.5 Å². The van der Waals surface area contributed by atoms with Gasteiger partial charge in [0.25, 0.3) is 0 Å². The zero-order valence-electron chi connectivity index (χ0n) is 18.0. The van der Waals surface area contributed by atoms with Crippen LogP contribution in [0.2, 0.25) is 0 Å². The van der Waals surface area contributed by atoms with Gasteiger partial charge in [-0.3, -0.25) is 4.40 Å². The Morgan fingerprint density at radius 2 is 1.78 bits per heavy atom. The predicted octanol–water partition coefficient (Wildman–Crippen LogP) is 5.49. The van der Waals surface area contributed by atoms with Gasteiger partial charge in [0.1, 0.15) is 11.9 Å². The molecule has 0 unspecified atom stereocenters. The van der Waals surface area contributed by atoms with Crippen molar-refractivity contribution in [2.75, 3.05) is 5.32 Å². The molecule has 4 aromatic rings. The number of rotatable bonds is 5. The van der Waals surface area contributed by atoms with Gasteiger partial charge in [-0.1, -0.05) is 60.3 Å². The third-order valence-corrected chi connectivity index (χ3v) is 6.60. The summed E-state index contributed by atoms with van der Waals surface area (Å²) in [5, 5.41) is 23.5. The van der Waals surface area contributed by atoms with Crippen LogP contribution < -0.4 is 5.32 Å². The first-order chi connectivity index (χ1) is 15.6. The van der Waals surface area contributed by atoms with Gasteiger partial charge in [0.15, 0.2) is 10.8 Å². The number of ether oxygens (including phenoxy) is 1. The van der Waals surface area contributed by atoms with Crippen molar-refractivity contribution in [3.63, 3.8) is 0 Å². The molecule has 0 radical (unpaired) electrons. The molecule has 0 bridgehead atoms.